The van der Waals surface area contributed by atoms with Gasteiger partial charge in [-0.1, -0.05) is 60.1 Å². The lowest BCUT2D eigenvalue weighted by atomic mass is 10.1. The van der Waals surface area contributed by atoms with Crippen LogP contribution in [0, 0.1) is 6.92 Å². The molecule has 0 bridgehead atoms. The van der Waals surface area contributed by atoms with E-state index in [1.807, 2.05) is 61.5 Å². The zero-order chi connectivity index (χ0) is 19.7. The molecule has 0 fully saturated rings. The van der Waals surface area contributed by atoms with Crippen LogP contribution < -0.4 is 4.72 Å². The normalized spacial score (nSPS) is 11.8. The number of fused-ring (bicyclic) bond motifs is 1. The standard InChI is InChI=1S/C21H17ClN2O2S2/c1-14-20(27-21(24-14)18-8-4-5-9-19(18)22)13-23-28(25,26)17-11-10-15-6-2-3-7-16(15)12-17/h2-12,23H,13H2,1H3. The van der Waals surface area contributed by atoms with E-state index in [1.54, 1.807) is 12.1 Å². The molecule has 0 atom stereocenters. The van der Waals surface area contributed by atoms with Crippen molar-refractivity contribution in [3.63, 3.8) is 0 Å². The van der Waals surface area contributed by atoms with Gasteiger partial charge < -0.3 is 0 Å². The molecule has 1 heterocycles. The first kappa shape index (κ1) is 19.1. The van der Waals surface area contributed by atoms with Gasteiger partial charge in [-0.2, -0.15) is 0 Å². The number of sulfonamides is 1. The predicted octanol–water partition coefficient (Wildman–Crippen LogP) is 5.40. The van der Waals surface area contributed by atoms with Gasteiger partial charge in [0.05, 0.1) is 15.6 Å². The molecule has 3 aromatic carbocycles. The third kappa shape index (κ3) is 3.82. The fraction of sp³-hybridized carbons (Fsp3) is 0.0952. The lowest BCUT2D eigenvalue weighted by molar-refractivity contribution is 0.582. The molecule has 142 valence electrons. The predicted molar refractivity (Wildman–Crippen MR) is 115 cm³/mol. The average molecular weight is 429 g/mol. The van der Waals surface area contributed by atoms with Gasteiger partial charge in [-0.15, -0.1) is 11.3 Å². The van der Waals surface area contributed by atoms with E-state index >= 15 is 0 Å². The number of halogens is 1. The van der Waals surface area contributed by atoms with Gasteiger partial charge in [0, 0.05) is 17.0 Å². The highest BCUT2D eigenvalue weighted by Gasteiger charge is 2.17. The van der Waals surface area contributed by atoms with E-state index in [-0.39, 0.29) is 11.4 Å². The third-order valence-electron chi connectivity index (χ3n) is 4.45. The minimum absolute atomic E-state index is 0.184. The molecule has 1 N–H and O–H groups in total. The molecule has 1 aromatic heterocycles. The molecule has 0 saturated carbocycles. The van der Waals surface area contributed by atoms with E-state index in [2.05, 4.69) is 9.71 Å². The second-order valence-corrected chi connectivity index (χ2v) is 9.60. The number of nitrogens with one attached hydrogen (secondary N) is 1. The molecule has 4 rings (SSSR count). The molecule has 0 aliphatic carbocycles. The van der Waals surface area contributed by atoms with Crippen LogP contribution in [0.2, 0.25) is 5.02 Å². The number of rotatable bonds is 5. The number of hydrogen-bond donors (Lipinski definition) is 1. The summed E-state index contributed by atoms with van der Waals surface area (Å²) in [5, 5.41) is 3.30. The van der Waals surface area contributed by atoms with E-state index in [1.165, 1.54) is 11.3 Å². The maximum Gasteiger partial charge on any atom is 0.240 e. The smallest absolute Gasteiger partial charge is 0.240 e. The maximum absolute atomic E-state index is 12.7. The van der Waals surface area contributed by atoms with Crippen LogP contribution >= 0.6 is 22.9 Å². The van der Waals surface area contributed by atoms with Crippen LogP contribution in [0.1, 0.15) is 10.6 Å². The van der Waals surface area contributed by atoms with Crippen molar-refractivity contribution >= 4 is 43.7 Å². The Kier molecular flexibility index (Phi) is 5.21. The molecule has 0 unspecified atom stereocenters. The molecular weight excluding hydrogens is 412 g/mol. The third-order valence-corrected chi connectivity index (χ3v) is 7.37. The molecule has 28 heavy (non-hydrogen) atoms. The second-order valence-electron chi connectivity index (χ2n) is 6.34. The summed E-state index contributed by atoms with van der Waals surface area (Å²) in [6.45, 7) is 2.06. The number of nitrogens with zero attached hydrogens (tertiary/aromatic N) is 1. The molecule has 0 radical (unpaired) electrons. The zero-order valence-corrected chi connectivity index (χ0v) is 17.4. The number of aryl methyl sites for hydroxylation is 1. The Balaban J connectivity index is 1.57. The molecule has 0 aliphatic heterocycles. The molecule has 7 heteroatoms. The maximum atomic E-state index is 12.7. The monoisotopic (exact) mass is 428 g/mol. The average Bonchev–Trinajstić information content (AvgIpc) is 3.07. The Morgan fingerprint density at radius 2 is 1.71 bits per heavy atom. The first-order valence-electron chi connectivity index (χ1n) is 8.64. The van der Waals surface area contributed by atoms with Crippen molar-refractivity contribution in [3.05, 3.63) is 82.3 Å². The van der Waals surface area contributed by atoms with Crippen molar-refractivity contribution < 1.29 is 8.42 Å². The highest BCUT2D eigenvalue weighted by molar-refractivity contribution is 7.89. The van der Waals surface area contributed by atoms with Crippen LogP contribution in [0.25, 0.3) is 21.3 Å². The van der Waals surface area contributed by atoms with Crippen LogP contribution in [0.3, 0.4) is 0 Å². The van der Waals surface area contributed by atoms with Crippen molar-refractivity contribution in [2.24, 2.45) is 0 Å². The summed E-state index contributed by atoms with van der Waals surface area (Å²) in [6.07, 6.45) is 0. The largest absolute Gasteiger partial charge is 0.241 e. The summed E-state index contributed by atoms with van der Waals surface area (Å²) in [7, 11) is -3.63. The van der Waals surface area contributed by atoms with E-state index in [0.29, 0.717) is 5.02 Å². The van der Waals surface area contributed by atoms with Gasteiger partial charge in [-0.3, -0.25) is 0 Å². The Morgan fingerprint density at radius 1 is 1.00 bits per heavy atom. The Morgan fingerprint density at radius 3 is 2.50 bits per heavy atom. The SMILES string of the molecule is Cc1nc(-c2ccccc2Cl)sc1CNS(=O)(=O)c1ccc2ccccc2c1. The van der Waals surface area contributed by atoms with Crippen LogP contribution in [0.15, 0.2) is 71.6 Å². The summed E-state index contributed by atoms with van der Waals surface area (Å²) >= 11 is 7.70. The molecular formula is C21H17ClN2O2S2. The fourth-order valence-corrected chi connectivity index (χ4v) is 5.36. The lowest BCUT2D eigenvalue weighted by Crippen LogP contribution is -2.23. The summed E-state index contributed by atoms with van der Waals surface area (Å²) in [5.74, 6) is 0. The van der Waals surface area contributed by atoms with E-state index in [0.717, 1.165) is 31.9 Å². The van der Waals surface area contributed by atoms with Gasteiger partial charge >= 0.3 is 0 Å². The lowest BCUT2D eigenvalue weighted by Gasteiger charge is -2.07. The molecule has 0 amide bonds. The minimum Gasteiger partial charge on any atom is -0.241 e. The summed E-state index contributed by atoms with van der Waals surface area (Å²) < 4.78 is 28.2. The van der Waals surface area contributed by atoms with Gasteiger partial charge in [0.15, 0.2) is 0 Å². The van der Waals surface area contributed by atoms with Gasteiger partial charge in [0.1, 0.15) is 5.01 Å². The van der Waals surface area contributed by atoms with Crippen molar-refractivity contribution in [2.45, 2.75) is 18.4 Å². The van der Waals surface area contributed by atoms with Crippen molar-refractivity contribution in [1.29, 1.82) is 0 Å². The summed E-state index contributed by atoms with van der Waals surface area (Å²) in [5.41, 5.74) is 1.64. The van der Waals surface area contributed by atoms with Crippen molar-refractivity contribution in [3.8, 4) is 10.6 Å². The molecule has 4 aromatic rings. The van der Waals surface area contributed by atoms with Crippen LogP contribution in [-0.4, -0.2) is 13.4 Å². The number of hydrogen-bond acceptors (Lipinski definition) is 4. The van der Waals surface area contributed by atoms with E-state index < -0.39 is 10.0 Å². The molecule has 4 nitrogen and oxygen atoms in total. The Bertz CT molecular complexity index is 1270. The molecule has 0 saturated heterocycles. The van der Waals surface area contributed by atoms with Gasteiger partial charge in [0.2, 0.25) is 10.0 Å². The summed E-state index contributed by atoms with van der Waals surface area (Å²) in [6, 6.07) is 20.3. The number of thiazole rings is 1. The quantitative estimate of drug-likeness (QED) is 0.462. The van der Waals surface area contributed by atoms with Gasteiger partial charge in [-0.05, 0) is 35.9 Å². The number of aromatic nitrogens is 1. The molecule has 0 spiro atoms. The first-order chi connectivity index (χ1) is 13.4. The van der Waals surface area contributed by atoms with Crippen molar-refractivity contribution in [2.75, 3.05) is 0 Å². The van der Waals surface area contributed by atoms with Crippen molar-refractivity contribution in [1.82, 2.24) is 9.71 Å². The molecule has 0 aliphatic rings. The zero-order valence-electron chi connectivity index (χ0n) is 15.0. The van der Waals surface area contributed by atoms with Crippen LogP contribution in [-0.2, 0) is 16.6 Å². The summed E-state index contributed by atoms with van der Waals surface area (Å²) in [4.78, 5) is 5.67. The second kappa shape index (κ2) is 7.64. The van der Waals surface area contributed by atoms with Crippen LogP contribution in [0.5, 0.6) is 0 Å². The first-order valence-corrected chi connectivity index (χ1v) is 11.3. The van der Waals surface area contributed by atoms with Gasteiger partial charge in [-0.25, -0.2) is 18.1 Å². The van der Waals surface area contributed by atoms with E-state index in [9.17, 15) is 8.42 Å². The van der Waals surface area contributed by atoms with E-state index in [4.69, 9.17) is 11.6 Å². The fourth-order valence-electron chi connectivity index (χ4n) is 2.92. The number of benzene rings is 3. The van der Waals surface area contributed by atoms with Gasteiger partial charge in [0.25, 0.3) is 0 Å². The Labute approximate surface area is 172 Å². The van der Waals surface area contributed by atoms with Crippen LogP contribution in [0.4, 0.5) is 0 Å². The Hall–Kier alpha value is -2.25. The minimum atomic E-state index is -3.63. The highest BCUT2D eigenvalue weighted by atomic mass is 35.5. The highest BCUT2D eigenvalue weighted by Crippen LogP contribution is 2.32. The topological polar surface area (TPSA) is 59.1 Å².